The number of benzene rings is 2. The highest BCUT2D eigenvalue weighted by molar-refractivity contribution is 7.88. The van der Waals surface area contributed by atoms with E-state index in [1.807, 2.05) is 24.3 Å². The fraction of sp³-hybridized carbons (Fsp3) is 0.517. The van der Waals surface area contributed by atoms with Gasteiger partial charge in [0.1, 0.15) is 11.9 Å². The number of aliphatic hydroxyl groups is 1. The third-order valence-electron chi connectivity index (χ3n) is 6.78. The number of nitrogens with one attached hydrogen (secondary N) is 2. The van der Waals surface area contributed by atoms with Gasteiger partial charge in [0.2, 0.25) is 21.8 Å². The summed E-state index contributed by atoms with van der Waals surface area (Å²) < 4.78 is 39.9. The lowest BCUT2D eigenvalue weighted by molar-refractivity contribution is -0.138. The van der Waals surface area contributed by atoms with E-state index in [1.54, 1.807) is 37.8 Å². The van der Waals surface area contributed by atoms with E-state index in [0.717, 1.165) is 16.7 Å². The number of aliphatic hydroxyl groups excluding tert-OH is 1. The number of halogens is 1. The third-order valence-corrected chi connectivity index (χ3v) is 8.09. The van der Waals surface area contributed by atoms with Gasteiger partial charge in [-0.3, -0.25) is 9.59 Å². The van der Waals surface area contributed by atoms with Gasteiger partial charge in [0.25, 0.3) is 0 Å². The average molecular weight is 579 g/mol. The second-order valence-electron chi connectivity index (χ2n) is 10.5. The second kappa shape index (κ2) is 15.2. The molecule has 1 fully saturated rings. The zero-order valence-corrected chi connectivity index (χ0v) is 24.6. The number of piperidine rings is 1. The molecule has 0 radical (unpaired) electrons. The molecule has 0 unspecified atom stereocenters. The van der Waals surface area contributed by atoms with Crippen molar-refractivity contribution in [3.63, 3.8) is 0 Å². The predicted molar refractivity (Wildman–Crippen MR) is 154 cm³/mol. The van der Waals surface area contributed by atoms with E-state index < -0.39 is 27.5 Å². The normalized spacial score (nSPS) is 15.1. The minimum Gasteiger partial charge on any atom is -0.397 e. The number of aryl methyl sites for hydroxylation is 1. The zero-order chi connectivity index (χ0) is 29.9. The number of nitrogens with two attached hydrogens (primary N) is 1. The number of amides is 2. The van der Waals surface area contributed by atoms with Crippen molar-refractivity contribution in [3.8, 4) is 0 Å². The van der Waals surface area contributed by atoms with Gasteiger partial charge < -0.3 is 21.1 Å². The van der Waals surface area contributed by atoms with Crippen LogP contribution < -0.4 is 15.8 Å². The molecule has 1 heterocycles. The van der Waals surface area contributed by atoms with Crippen molar-refractivity contribution in [1.29, 1.82) is 0 Å². The third kappa shape index (κ3) is 10.3. The number of carbonyl (C=O) groups excluding carboxylic acids is 2. The van der Waals surface area contributed by atoms with Gasteiger partial charge in [0.15, 0.2) is 0 Å². The molecule has 1 aliphatic rings. The SMILES string of the molecule is CCO.CNS(=O)(=O)Cc1ccccc1C1CCN(C(=O)[C@@H](CCc2ccc(F)cc2)NC(=O)C(C)(C)N)CC1. The fourth-order valence-electron chi connectivity index (χ4n) is 4.54. The van der Waals surface area contributed by atoms with Gasteiger partial charge in [0.05, 0.1) is 11.3 Å². The van der Waals surface area contributed by atoms with Crippen molar-refractivity contribution in [2.24, 2.45) is 5.73 Å². The van der Waals surface area contributed by atoms with E-state index >= 15 is 0 Å². The van der Waals surface area contributed by atoms with E-state index in [2.05, 4.69) is 10.0 Å². The molecule has 2 aromatic rings. The van der Waals surface area contributed by atoms with Crippen LogP contribution in [0.5, 0.6) is 0 Å². The number of likely N-dealkylation sites (tertiary alicyclic amines) is 1. The van der Waals surface area contributed by atoms with Crippen LogP contribution >= 0.6 is 0 Å². The number of hydrogen-bond donors (Lipinski definition) is 4. The average Bonchev–Trinajstić information content (AvgIpc) is 2.91. The van der Waals surface area contributed by atoms with Gasteiger partial charge in [-0.15, -0.1) is 0 Å². The number of hydrogen-bond acceptors (Lipinski definition) is 6. The van der Waals surface area contributed by atoms with Gasteiger partial charge in [-0.05, 0) is 88.2 Å². The number of carbonyl (C=O) groups is 2. The largest absolute Gasteiger partial charge is 0.397 e. The van der Waals surface area contributed by atoms with Crippen LogP contribution in [0.1, 0.15) is 62.6 Å². The Balaban J connectivity index is 0.00000178. The number of rotatable bonds is 10. The first-order valence-corrected chi connectivity index (χ1v) is 15.2. The van der Waals surface area contributed by atoms with E-state index in [0.29, 0.717) is 38.8 Å². The summed E-state index contributed by atoms with van der Waals surface area (Å²) >= 11 is 0. The first-order valence-electron chi connectivity index (χ1n) is 13.5. The Kier molecular flexibility index (Phi) is 12.7. The monoisotopic (exact) mass is 578 g/mol. The molecular formula is C29H43FN4O5S. The molecule has 9 nitrogen and oxygen atoms in total. The summed E-state index contributed by atoms with van der Waals surface area (Å²) in [5.74, 6) is -0.889. The molecule has 11 heteroatoms. The van der Waals surface area contributed by atoms with Crippen molar-refractivity contribution in [2.75, 3.05) is 26.7 Å². The van der Waals surface area contributed by atoms with Crippen LogP contribution in [0.3, 0.4) is 0 Å². The molecule has 1 aliphatic heterocycles. The van der Waals surface area contributed by atoms with Gasteiger partial charge >= 0.3 is 0 Å². The summed E-state index contributed by atoms with van der Waals surface area (Å²) in [5, 5.41) is 10.4. The molecule has 2 aromatic carbocycles. The van der Waals surface area contributed by atoms with E-state index in [-0.39, 0.29) is 30.0 Å². The van der Waals surface area contributed by atoms with Crippen LogP contribution in [-0.2, 0) is 31.8 Å². The Hall–Kier alpha value is -2.86. The van der Waals surface area contributed by atoms with Crippen molar-refractivity contribution in [3.05, 3.63) is 71.0 Å². The molecule has 222 valence electrons. The number of sulfonamides is 1. The summed E-state index contributed by atoms with van der Waals surface area (Å²) in [7, 11) is -2.01. The van der Waals surface area contributed by atoms with Crippen LogP contribution in [0.15, 0.2) is 48.5 Å². The molecule has 0 aliphatic carbocycles. The first-order chi connectivity index (χ1) is 18.8. The van der Waals surface area contributed by atoms with Crippen LogP contribution in [0.4, 0.5) is 4.39 Å². The minimum absolute atomic E-state index is 0.0921. The topological polar surface area (TPSA) is 142 Å². The highest BCUT2D eigenvalue weighted by Gasteiger charge is 2.33. The number of nitrogens with zero attached hydrogens (tertiary/aromatic N) is 1. The van der Waals surface area contributed by atoms with Gasteiger partial charge in [-0.2, -0.15) is 0 Å². The molecule has 40 heavy (non-hydrogen) atoms. The maximum atomic E-state index is 13.5. The van der Waals surface area contributed by atoms with Crippen molar-refractivity contribution in [2.45, 2.75) is 69.7 Å². The molecule has 0 spiro atoms. The zero-order valence-electron chi connectivity index (χ0n) is 23.8. The summed E-state index contributed by atoms with van der Waals surface area (Å²) in [6.45, 7) is 6.08. The van der Waals surface area contributed by atoms with Crippen molar-refractivity contribution in [1.82, 2.24) is 14.9 Å². The van der Waals surface area contributed by atoms with Crippen molar-refractivity contribution >= 4 is 21.8 Å². The highest BCUT2D eigenvalue weighted by atomic mass is 32.2. The highest BCUT2D eigenvalue weighted by Crippen LogP contribution is 2.31. The Morgan fingerprint density at radius 3 is 2.25 bits per heavy atom. The molecule has 0 saturated carbocycles. The van der Waals surface area contributed by atoms with E-state index in [1.165, 1.54) is 19.2 Å². The molecule has 3 rings (SSSR count). The second-order valence-corrected chi connectivity index (χ2v) is 12.4. The van der Waals surface area contributed by atoms with Gasteiger partial charge in [0, 0.05) is 19.7 Å². The minimum atomic E-state index is -3.41. The smallest absolute Gasteiger partial charge is 0.245 e. The molecule has 0 aromatic heterocycles. The predicted octanol–water partition coefficient (Wildman–Crippen LogP) is 2.43. The van der Waals surface area contributed by atoms with Gasteiger partial charge in [-0.25, -0.2) is 17.5 Å². The lowest BCUT2D eigenvalue weighted by Gasteiger charge is -2.35. The van der Waals surface area contributed by atoms with E-state index in [4.69, 9.17) is 10.8 Å². The fourth-order valence-corrected chi connectivity index (χ4v) is 5.35. The van der Waals surface area contributed by atoms with E-state index in [9.17, 15) is 22.4 Å². The maximum absolute atomic E-state index is 13.5. The Bertz CT molecular complexity index is 1210. The molecule has 1 saturated heterocycles. The van der Waals surface area contributed by atoms with Crippen LogP contribution in [-0.4, -0.2) is 68.6 Å². The Morgan fingerprint density at radius 2 is 1.70 bits per heavy atom. The molecule has 2 amide bonds. The summed E-state index contributed by atoms with van der Waals surface area (Å²) in [4.78, 5) is 27.9. The van der Waals surface area contributed by atoms with Crippen LogP contribution in [0, 0.1) is 5.82 Å². The van der Waals surface area contributed by atoms with Crippen molar-refractivity contribution < 1.29 is 27.5 Å². The summed E-state index contributed by atoms with van der Waals surface area (Å²) in [6, 6.07) is 12.8. The van der Waals surface area contributed by atoms with Crippen LogP contribution in [0.25, 0.3) is 0 Å². The van der Waals surface area contributed by atoms with Crippen LogP contribution in [0.2, 0.25) is 0 Å². The molecular weight excluding hydrogens is 535 g/mol. The quantitative estimate of drug-likeness (QED) is 0.341. The Labute approximate surface area is 237 Å². The molecule has 5 N–H and O–H groups in total. The lowest BCUT2D eigenvalue weighted by Crippen LogP contribution is -2.57. The Morgan fingerprint density at radius 1 is 1.12 bits per heavy atom. The van der Waals surface area contributed by atoms with Gasteiger partial charge in [-0.1, -0.05) is 36.4 Å². The maximum Gasteiger partial charge on any atom is 0.245 e. The standard InChI is InChI=1S/C27H37FN4O4S.C2H6O/c1-27(2,29)26(34)31-24(13-10-19-8-11-22(28)12-9-19)25(33)32-16-14-20(15-17-32)23-7-5-4-6-21(23)18-37(35,36)30-3;1-2-3/h4-9,11-12,20,24,30H,10,13-18,29H2,1-3H3,(H,31,34);3H,2H2,1H3/t24-;/m1./s1. The summed E-state index contributed by atoms with van der Waals surface area (Å²) in [6.07, 6.45) is 2.22. The molecule has 0 bridgehead atoms. The molecule has 1 atom stereocenters. The lowest BCUT2D eigenvalue weighted by atomic mass is 9.86. The first kappa shape index (κ1) is 33.3. The summed E-state index contributed by atoms with van der Waals surface area (Å²) in [5.41, 5.74) is 7.43.